The van der Waals surface area contributed by atoms with Gasteiger partial charge in [-0.05, 0) is 54.6 Å². The van der Waals surface area contributed by atoms with Crippen LogP contribution >= 0.6 is 11.8 Å². The van der Waals surface area contributed by atoms with Crippen LogP contribution in [0.15, 0.2) is 59.8 Å². The highest BCUT2D eigenvalue weighted by molar-refractivity contribution is 7.99. The van der Waals surface area contributed by atoms with Crippen LogP contribution in [-0.4, -0.2) is 26.1 Å². The number of rotatable bonds is 4. The summed E-state index contributed by atoms with van der Waals surface area (Å²) in [6, 6.07) is 17.9. The van der Waals surface area contributed by atoms with Gasteiger partial charge in [0.05, 0.1) is 11.3 Å². The number of hydrogen-bond donors (Lipinski definition) is 0. The van der Waals surface area contributed by atoms with Gasteiger partial charge in [0, 0.05) is 5.56 Å². The number of aryl methyl sites for hydroxylation is 2. The summed E-state index contributed by atoms with van der Waals surface area (Å²) in [6.45, 7) is 4.07. The highest BCUT2D eigenvalue weighted by atomic mass is 32.2. The van der Waals surface area contributed by atoms with Crippen LogP contribution in [0.3, 0.4) is 0 Å². The summed E-state index contributed by atoms with van der Waals surface area (Å²) < 4.78 is 2.01. The third-order valence-electron chi connectivity index (χ3n) is 4.41. The molecule has 4 rings (SSSR count). The van der Waals surface area contributed by atoms with E-state index in [0.717, 1.165) is 32.8 Å². The molecular formula is C20H17N3OS. The molecule has 2 heterocycles. The maximum atomic E-state index is 12.5. The molecule has 4 aromatic rings. The fraction of sp³-hybridized carbons (Fsp3) is 0.150. The van der Waals surface area contributed by atoms with E-state index in [4.69, 9.17) is 0 Å². The highest BCUT2D eigenvalue weighted by Crippen LogP contribution is 2.24. The maximum absolute atomic E-state index is 12.5. The number of pyridine rings is 1. The van der Waals surface area contributed by atoms with Crippen LogP contribution in [0.25, 0.3) is 16.6 Å². The van der Waals surface area contributed by atoms with Crippen molar-refractivity contribution in [1.29, 1.82) is 0 Å². The van der Waals surface area contributed by atoms with Crippen molar-refractivity contribution in [1.82, 2.24) is 14.6 Å². The van der Waals surface area contributed by atoms with E-state index in [1.807, 2.05) is 66.8 Å². The van der Waals surface area contributed by atoms with Crippen LogP contribution in [0.5, 0.6) is 0 Å². The fourth-order valence-corrected chi connectivity index (χ4v) is 3.68. The molecule has 0 spiro atoms. The Hall–Kier alpha value is -2.66. The number of ketones is 1. The van der Waals surface area contributed by atoms with E-state index < -0.39 is 0 Å². The molecule has 0 fully saturated rings. The Bertz CT molecular complexity index is 1100. The van der Waals surface area contributed by atoms with Gasteiger partial charge in [-0.3, -0.25) is 9.20 Å². The average Bonchev–Trinajstić information content (AvgIpc) is 3.05. The second-order valence-electron chi connectivity index (χ2n) is 6.08. The summed E-state index contributed by atoms with van der Waals surface area (Å²) in [5, 5.41) is 10.4. The van der Waals surface area contributed by atoms with E-state index in [9.17, 15) is 4.79 Å². The molecule has 0 unspecified atom stereocenters. The van der Waals surface area contributed by atoms with Crippen LogP contribution < -0.4 is 0 Å². The minimum Gasteiger partial charge on any atom is -0.293 e. The van der Waals surface area contributed by atoms with Crippen molar-refractivity contribution < 1.29 is 4.79 Å². The number of para-hydroxylation sites is 1. The van der Waals surface area contributed by atoms with Crippen molar-refractivity contribution in [3.8, 4) is 0 Å². The first-order valence-corrected chi connectivity index (χ1v) is 9.08. The van der Waals surface area contributed by atoms with E-state index in [0.29, 0.717) is 5.75 Å². The van der Waals surface area contributed by atoms with E-state index in [1.165, 1.54) is 17.3 Å². The van der Waals surface area contributed by atoms with Crippen LogP contribution in [0, 0.1) is 13.8 Å². The van der Waals surface area contributed by atoms with Gasteiger partial charge < -0.3 is 0 Å². The minimum absolute atomic E-state index is 0.102. The lowest BCUT2D eigenvalue weighted by Crippen LogP contribution is -2.04. The van der Waals surface area contributed by atoms with Crippen molar-refractivity contribution in [2.24, 2.45) is 0 Å². The zero-order valence-electron chi connectivity index (χ0n) is 14.1. The fourth-order valence-electron chi connectivity index (χ4n) is 2.83. The SMILES string of the molecule is Cc1ccc(C(=O)CSc2nnc3ccc4ccccc4n23)cc1C. The number of Topliss-reactive ketones (excluding diaryl/α,β-unsaturated/α-hetero) is 1. The Morgan fingerprint density at radius 3 is 2.68 bits per heavy atom. The summed E-state index contributed by atoms with van der Waals surface area (Å²) in [7, 11) is 0. The van der Waals surface area contributed by atoms with Gasteiger partial charge in [0.1, 0.15) is 0 Å². The van der Waals surface area contributed by atoms with Gasteiger partial charge >= 0.3 is 0 Å². The lowest BCUT2D eigenvalue weighted by Gasteiger charge is -2.06. The minimum atomic E-state index is 0.102. The number of carbonyl (C=O) groups is 1. The van der Waals surface area contributed by atoms with Crippen molar-refractivity contribution in [3.63, 3.8) is 0 Å². The molecule has 0 N–H and O–H groups in total. The zero-order chi connectivity index (χ0) is 17.4. The monoisotopic (exact) mass is 347 g/mol. The van der Waals surface area contributed by atoms with Crippen LogP contribution in [0.4, 0.5) is 0 Å². The number of benzene rings is 2. The molecule has 0 saturated heterocycles. The average molecular weight is 347 g/mol. The lowest BCUT2D eigenvalue weighted by atomic mass is 10.0. The molecule has 25 heavy (non-hydrogen) atoms. The highest BCUT2D eigenvalue weighted by Gasteiger charge is 2.13. The van der Waals surface area contributed by atoms with Crippen molar-refractivity contribution >= 4 is 34.1 Å². The molecule has 0 aliphatic rings. The van der Waals surface area contributed by atoms with E-state index in [1.54, 1.807) is 0 Å². The summed E-state index contributed by atoms with van der Waals surface area (Å²) in [4.78, 5) is 12.5. The van der Waals surface area contributed by atoms with Crippen molar-refractivity contribution in [2.75, 3.05) is 5.75 Å². The lowest BCUT2D eigenvalue weighted by molar-refractivity contribution is 0.102. The third-order valence-corrected chi connectivity index (χ3v) is 5.34. The number of thioether (sulfide) groups is 1. The normalized spacial score (nSPS) is 11.3. The first-order chi connectivity index (χ1) is 12.1. The number of hydrogen-bond acceptors (Lipinski definition) is 4. The second kappa shape index (κ2) is 6.33. The Morgan fingerprint density at radius 2 is 1.84 bits per heavy atom. The molecule has 5 heteroatoms. The smallest absolute Gasteiger partial charge is 0.196 e. The molecule has 0 atom stereocenters. The summed E-state index contributed by atoms with van der Waals surface area (Å²) in [6.07, 6.45) is 0. The Kier molecular flexibility index (Phi) is 4.01. The zero-order valence-corrected chi connectivity index (χ0v) is 14.9. The molecule has 4 nitrogen and oxygen atoms in total. The van der Waals surface area contributed by atoms with Gasteiger partial charge in [0.15, 0.2) is 16.6 Å². The topological polar surface area (TPSA) is 47.3 Å². The van der Waals surface area contributed by atoms with Gasteiger partial charge in [0.25, 0.3) is 0 Å². The second-order valence-corrected chi connectivity index (χ2v) is 7.02. The Balaban J connectivity index is 1.63. The first-order valence-electron chi connectivity index (χ1n) is 8.09. The van der Waals surface area contributed by atoms with E-state index in [2.05, 4.69) is 16.3 Å². The predicted octanol–water partition coefficient (Wildman–Crippen LogP) is 4.47. The van der Waals surface area contributed by atoms with Crippen LogP contribution in [-0.2, 0) is 0 Å². The van der Waals surface area contributed by atoms with E-state index in [-0.39, 0.29) is 5.78 Å². The molecule has 0 aliphatic heterocycles. The number of aromatic nitrogens is 3. The summed E-state index contributed by atoms with van der Waals surface area (Å²) in [5.41, 5.74) is 4.91. The van der Waals surface area contributed by atoms with Gasteiger partial charge in [-0.15, -0.1) is 10.2 Å². The summed E-state index contributed by atoms with van der Waals surface area (Å²) in [5.74, 6) is 0.442. The molecule has 2 aromatic carbocycles. The number of carbonyl (C=O) groups excluding carboxylic acids is 1. The quantitative estimate of drug-likeness (QED) is 0.403. The molecule has 0 bridgehead atoms. The van der Waals surface area contributed by atoms with Gasteiger partial charge in [0.2, 0.25) is 0 Å². The summed E-state index contributed by atoms with van der Waals surface area (Å²) >= 11 is 1.42. The molecule has 124 valence electrons. The van der Waals surface area contributed by atoms with Crippen LogP contribution in [0.1, 0.15) is 21.5 Å². The molecule has 0 amide bonds. The van der Waals surface area contributed by atoms with Gasteiger partial charge in [-0.1, -0.05) is 42.1 Å². The van der Waals surface area contributed by atoms with Crippen molar-refractivity contribution in [3.05, 3.63) is 71.3 Å². The molecular weight excluding hydrogens is 330 g/mol. The Morgan fingerprint density at radius 1 is 1.00 bits per heavy atom. The van der Waals surface area contributed by atoms with Gasteiger partial charge in [-0.2, -0.15) is 0 Å². The molecule has 0 radical (unpaired) electrons. The third kappa shape index (κ3) is 2.91. The Labute approximate surface area is 149 Å². The molecule has 0 aliphatic carbocycles. The van der Waals surface area contributed by atoms with Gasteiger partial charge in [-0.25, -0.2) is 0 Å². The largest absolute Gasteiger partial charge is 0.293 e. The van der Waals surface area contributed by atoms with Crippen molar-refractivity contribution in [2.45, 2.75) is 19.0 Å². The maximum Gasteiger partial charge on any atom is 0.196 e. The standard InChI is InChI=1S/C20H17N3OS/c1-13-7-8-16(11-14(13)2)18(24)12-25-20-22-21-19-10-9-15-5-3-4-6-17(15)23(19)20/h3-11H,12H2,1-2H3. The first kappa shape index (κ1) is 15.8. The molecule has 0 saturated carbocycles. The number of fused-ring (bicyclic) bond motifs is 3. The predicted molar refractivity (Wildman–Crippen MR) is 101 cm³/mol. The van der Waals surface area contributed by atoms with E-state index >= 15 is 0 Å². The number of nitrogens with zero attached hydrogens (tertiary/aromatic N) is 3. The van der Waals surface area contributed by atoms with Crippen LogP contribution in [0.2, 0.25) is 0 Å². The molecule has 2 aromatic heterocycles.